The molecule has 140 valence electrons. The van der Waals surface area contributed by atoms with E-state index in [2.05, 4.69) is 5.32 Å². The van der Waals surface area contributed by atoms with Crippen molar-refractivity contribution in [2.45, 2.75) is 0 Å². The maximum atomic E-state index is 10.9. The lowest BCUT2D eigenvalue weighted by atomic mass is 10.2. The minimum absolute atomic E-state index is 0. The molecule has 28 heavy (non-hydrogen) atoms. The van der Waals surface area contributed by atoms with Gasteiger partial charge in [0.2, 0.25) is 5.69 Å². The first kappa shape index (κ1) is 19.5. The molecule has 0 saturated heterocycles. The zero-order chi connectivity index (χ0) is 18.6. The van der Waals surface area contributed by atoms with E-state index in [1.807, 2.05) is 65.3 Å². The van der Waals surface area contributed by atoms with Crippen molar-refractivity contribution in [3.63, 3.8) is 0 Å². The Bertz CT molecular complexity index is 1070. The van der Waals surface area contributed by atoms with Crippen LogP contribution in [0.15, 0.2) is 84.9 Å². The van der Waals surface area contributed by atoms with Crippen LogP contribution in [0.4, 0.5) is 16.5 Å². The first-order chi connectivity index (χ1) is 13.2. The summed E-state index contributed by atoms with van der Waals surface area (Å²) in [5.74, 6) is 0. The normalized spacial score (nSPS) is 10.1. The Hall–Kier alpha value is -3.29. The SMILES string of the molecule is O=[N+]([O-])c1ccc(-c2sc([15NH]c3ccccc3)[15n][15n+]2-c2ccccc2)cc1.[Cl-]. The summed E-state index contributed by atoms with van der Waals surface area (Å²) in [7, 11) is 0. The Labute approximate surface area is 171 Å². The molecule has 8 heteroatoms. The number of para-hydroxylation sites is 2. The van der Waals surface area contributed by atoms with Gasteiger partial charge in [0.15, 0.2) is 0 Å². The van der Waals surface area contributed by atoms with Gasteiger partial charge in [0.25, 0.3) is 10.8 Å². The molecule has 0 amide bonds. The van der Waals surface area contributed by atoms with Crippen LogP contribution in [-0.2, 0) is 0 Å². The smallest absolute Gasteiger partial charge is 0.304 e. The number of rotatable bonds is 5. The second-order valence-corrected chi connectivity index (χ2v) is 6.73. The van der Waals surface area contributed by atoms with Crippen molar-refractivity contribution in [2.75, 3.05) is 5.32 Å². The van der Waals surface area contributed by atoms with Crippen LogP contribution in [0.5, 0.6) is 0 Å². The van der Waals surface area contributed by atoms with Crippen molar-refractivity contribution >= 4 is 27.8 Å². The van der Waals surface area contributed by atoms with Crippen LogP contribution in [0, 0.1) is 10.1 Å². The van der Waals surface area contributed by atoms with E-state index in [9.17, 15) is 10.1 Å². The molecule has 0 unspecified atom stereocenters. The van der Waals surface area contributed by atoms with Gasteiger partial charge in [-0.3, -0.25) is 10.1 Å². The van der Waals surface area contributed by atoms with E-state index in [-0.39, 0.29) is 18.1 Å². The lowest BCUT2D eigenvalue weighted by molar-refractivity contribution is -0.642. The van der Waals surface area contributed by atoms with Gasteiger partial charge in [0, 0.05) is 35.1 Å². The Morgan fingerprint density at radius 2 is 1.50 bits per heavy atom. The van der Waals surface area contributed by atoms with Gasteiger partial charge in [-0.25, -0.2) is 0 Å². The summed E-state index contributed by atoms with van der Waals surface area (Å²) in [6, 6.07) is 26.1. The summed E-state index contributed by atoms with van der Waals surface area (Å²) in [5, 5.41) is 20.6. The number of nitro groups is 1. The molecule has 3 aromatic carbocycles. The number of benzene rings is 3. The predicted molar refractivity (Wildman–Crippen MR) is 105 cm³/mol. The highest BCUT2D eigenvalue weighted by atomic mass is 35.5. The molecule has 0 radical (unpaired) electrons. The van der Waals surface area contributed by atoms with Crippen LogP contribution in [0.2, 0.25) is 0 Å². The van der Waals surface area contributed by atoms with Crippen LogP contribution < -0.4 is 22.4 Å². The van der Waals surface area contributed by atoms with Crippen molar-refractivity contribution in [3.8, 4) is 16.3 Å². The summed E-state index contributed by atoms with van der Waals surface area (Å²) in [4.78, 5) is 10.5. The third-order valence-electron chi connectivity index (χ3n) is 3.93. The molecular formula is C20H15ClN4O2S. The van der Waals surface area contributed by atoms with E-state index in [1.54, 1.807) is 12.1 Å². The molecular weight excluding hydrogens is 399 g/mol. The molecule has 0 atom stereocenters. The van der Waals surface area contributed by atoms with Crippen molar-refractivity contribution in [1.82, 2.24) is 5.10 Å². The minimum Gasteiger partial charge on any atom is -1.00 e. The number of anilines is 2. The number of halogens is 1. The number of hydrogen-bond donors (Lipinski definition) is 1. The van der Waals surface area contributed by atoms with Crippen LogP contribution >= 0.6 is 11.3 Å². The highest BCUT2D eigenvalue weighted by Crippen LogP contribution is 2.29. The Balaban J connectivity index is 0.00000225. The predicted octanol–water partition coefficient (Wildman–Crippen LogP) is 1.74. The molecule has 1 N–H and O–H groups in total. The molecule has 0 spiro atoms. The van der Waals surface area contributed by atoms with E-state index in [4.69, 9.17) is 5.10 Å². The highest BCUT2D eigenvalue weighted by molar-refractivity contribution is 7.18. The molecule has 1 heterocycles. The van der Waals surface area contributed by atoms with Gasteiger partial charge in [0.1, 0.15) is 0 Å². The standard InChI is InChI=1S/C20H15N4O2S.ClH/c25-24(26)18-13-11-15(12-14-18)19-23(17-9-5-2-6-10-17)22-20(27-19)21-16-7-3-1-4-8-16;/h1-14H,(H,21,22);1H/q+1;/p-1/i21+1,22+1,23+1;. The van der Waals surface area contributed by atoms with Crippen LogP contribution in [0.1, 0.15) is 0 Å². The van der Waals surface area contributed by atoms with Gasteiger partial charge in [0.05, 0.1) is 10.5 Å². The summed E-state index contributed by atoms with van der Waals surface area (Å²) < 4.78 is 1.84. The maximum Gasteiger partial charge on any atom is 0.304 e. The van der Waals surface area contributed by atoms with Crippen molar-refractivity contribution in [3.05, 3.63) is 95.0 Å². The molecule has 0 aliphatic rings. The molecule has 0 bridgehead atoms. The maximum absolute atomic E-state index is 10.9. The number of nitrogens with one attached hydrogen (secondary N) is 1. The molecule has 0 aliphatic carbocycles. The molecule has 1 aromatic heterocycles. The Morgan fingerprint density at radius 1 is 0.893 bits per heavy atom. The number of nitrogens with zero attached hydrogens (tertiary/aromatic N) is 3. The van der Waals surface area contributed by atoms with E-state index < -0.39 is 4.92 Å². The molecule has 0 saturated carbocycles. The average molecular weight is 414 g/mol. The molecule has 6 nitrogen and oxygen atoms in total. The van der Waals surface area contributed by atoms with Crippen molar-refractivity contribution in [1.29, 1.82) is 0 Å². The second kappa shape index (κ2) is 8.60. The number of hydrogen-bond acceptors (Lipinski definition) is 5. The summed E-state index contributed by atoms with van der Waals surface area (Å²) in [6.07, 6.45) is 0. The highest BCUT2D eigenvalue weighted by Gasteiger charge is 2.24. The van der Waals surface area contributed by atoms with Crippen molar-refractivity contribution in [2.24, 2.45) is 0 Å². The first-order valence-corrected chi connectivity index (χ1v) is 9.08. The lowest BCUT2D eigenvalue weighted by Crippen LogP contribution is -3.00. The van der Waals surface area contributed by atoms with Crippen LogP contribution in [0.25, 0.3) is 16.3 Å². The summed E-state index contributed by atoms with van der Waals surface area (Å²) >= 11 is 1.49. The van der Waals surface area contributed by atoms with E-state index in [0.29, 0.717) is 0 Å². The van der Waals surface area contributed by atoms with Crippen molar-refractivity contribution < 1.29 is 22.0 Å². The topological polar surface area (TPSA) is 71.9 Å². The van der Waals surface area contributed by atoms with Gasteiger partial charge >= 0.3 is 5.01 Å². The van der Waals surface area contributed by atoms with Gasteiger partial charge in [-0.05, 0) is 40.3 Å². The number of aromatic nitrogens is 2. The van der Waals surface area contributed by atoms with Gasteiger partial charge in [-0.1, -0.05) is 36.4 Å². The van der Waals surface area contributed by atoms with Crippen LogP contribution in [0.3, 0.4) is 0 Å². The largest absolute Gasteiger partial charge is 1.00 e. The fraction of sp³-hybridized carbons (Fsp3) is 0. The van der Waals surface area contributed by atoms with Gasteiger partial charge < -0.3 is 17.7 Å². The summed E-state index contributed by atoms with van der Waals surface area (Å²) in [6.45, 7) is 0. The Kier molecular flexibility index (Phi) is 5.98. The fourth-order valence-corrected chi connectivity index (χ4v) is 3.60. The summed E-state index contributed by atoms with van der Waals surface area (Å²) in [5.41, 5.74) is 2.80. The zero-order valence-corrected chi connectivity index (χ0v) is 16.1. The molecule has 4 rings (SSSR count). The lowest BCUT2D eigenvalue weighted by Gasteiger charge is -1.97. The Morgan fingerprint density at radius 3 is 2.11 bits per heavy atom. The molecule has 4 aromatic rings. The average Bonchev–Trinajstić information content (AvgIpc) is 3.13. The quantitative estimate of drug-likeness (QED) is 0.234. The van der Waals surface area contributed by atoms with E-state index >= 15 is 0 Å². The minimum atomic E-state index is -0.399. The van der Waals surface area contributed by atoms with E-state index in [1.165, 1.54) is 23.5 Å². The first-order valence-electron chi connectivity index (χ1n) is 8.26. The van der Waals surface area contributed by atoms with Gasteiger partial charge in [-0.15, -0.1) is 0 Å². The molecule has 0 fully saturated rings. The van der Waals surface area contributed by atoms with Crippen LogP contribution in [-0.4, -0.2) is 10.0 Å². The fourth-order valence-electron chi connectivity index (χ4n) is 2.64. The third kappa shape index (κ3) is 4.16. The number of non-ortho nitro benzene ring substituents is 1. The third-order valence-corrected chi connectivity index (χ3v) is 4.91. The van der Waals surface area contributed by atoms with E-state index in [0.717, 1.165) is 27.1 Å². The second-order valence-electron chi connectivity index (χ2n) is 5.75. The van der Waals surface area contributed by atoms with Gasteiger partial charge in [-0.2, -0.15) is 0 Å². The monoisotopic (exact) mass is 413 g/mol. The number of nitro benzene ring substituents is 1. The molecule has 0 aliphatic heterocycles. The zero-order valence-electron chi connectivity index (χ0n) is 14.5.